The van der Waals surface area contributed by atoms with Gasteiger partial charge in [0, 0.05) is 5.92 Å². The zero-order valence-electron chi connectivity index (χ0n) is 15.5. The third-order valence-corrected chi connectivity index (χ3v) is 6.94. The lowest BCUT2D eigenvalue weighted by Crippen LogP contribution is -2.39. The molecule has 0 spiro atoms. The van der Waals surface area contributed by atoms with Crippen LogP contribution in [0.3, 0.4) is 0 Å². The van der Waals surface area contributed by atoms with Crippen molar-refractivity contribution in [1.82, 2.24) is 0 Å². The lowest BCUT2D eigenvalue weighted by atomic mass is 9.93. The molecule has 0 saturated heterocycles. The highest BCUT2D eigenvalue weighted by Crippen LogP contribution is 2.34. The van der Waals surface area contributed by atoms with Gasteiger partial charge in [0.25, 0.3) is 0 Å². The predicted molar refractivity (Wildman–Crippen MR) is 107 cm³/mol. The van der Waals surface area contributed by atoms with Crippen LogP contribution in [0.2, 0.25) is 19.6 Å². The van der Waals surface area contributed by atoms with Crippen LogP contribution >= 0.6 is 0 Å². The van der Waals surface area contributed by atoms with Gasteiger partial charge in [0.2, 0.25) is 0 Å². The van der Waals surface area contributed by atoms with Crippen LogP contribution in [0.1, 0.15) is 34.6 Å². The maximum atomic E-state index is 5.86. The molecular weight excluding hydrogens is 308 g/mol. The normalized spacial score (nSPS) is 16.3. The lowest BCUT2D eigenvalue weighted by Gasteiger charge is -2.24. The molecule has 2 heteroatoms. The van der Waals surface area contributed by atoms with Crippen LogP contribution in [0.25, 0.3) is 6.08 Å². The second-order valence-corrected chi connectivity index (χ2v) is 12.9. The van der Waals surface area contributed by atoms with E-state index < -0.39 is 8.07 Å². The number of fused-ring (bicyclic) bond motifs is 1. The van der Waals surface area contributed by atoms with E-state index in [0.29, 0.717) is 5.92 Å². The SMILES string of the molecule is COc1c(CCC2C=Cc3ccccc32)cc(C)cc1[Si](C)(C)C. The summed E-state index contributed by atoms with van der Waals surface area (Å²) in [6.45, 7) is 9.38. The molecule has 0 saturated carbocycles. The zero-order chi connectivity index (χ0) is 17.3. The minimum atomic E-state index is -1.42. The standard InChI is InChI=1S/C22H28OSi/c1-16-14-19(22(23-2)21(15-16)24(3,4)5)13-12-18-11-10-17-8-6-7-9-20(17)18/h6-11,14-15,18H,12-13H2,1-5H3. The summed E-state index contributed by atoms with van der Waals surface area (Å²) < 4.78 is 5.86. The van der Waals surface area contributed by atoms with E-state index in [4.69, 9.17) is 4.74 Å². The molecule has 2 aromatic rings. The lowest BCUT2D eigenvalue weighted by molar-refractivity contribution is 0.412. The molecule has 1 aliphatic rings. The van der Waals surface area contributed by atoms with Gasteiger partial charge in [-0.1, -0.05) is 73.8 Å². The molecule has 0 radical (unpaired) electrons. The van der Waals surface area contributed by atoms with E-state index in [2.05, 4.69) is 75.1 Å². The highest BCUT2D eigenvalue weighted by Gasteiger charge is 2.24. The molecule has 0 heterocycles. The van der Waals surface area contributed by atoms with Crippen LogP contribution < -0.4 is 9.92 Å². The van der Waals surface area contributed by atoms with Gasteiger partial charge in [-0.05, 0) is 41.6 Å². The topological polar surface area (TPSA) is 9.23 Å². The summed E-state index contributed by atoms with van der Waals surface area (Å²) in [6, 6.07) is 13.4. The predicted octanol–water partition coefficient (Wildman–Crippen LogP) is 5.29. The Hall–Kier alpha value is -1.80. The van der Waals surface area contributed by atoms with Gasteiger partial charge in [-0.2, -0.15) is 0 Å². The largest absolute Gasteiger partial charge is 0.497 e. The van der Waals surface area contributed by atoms with Crippen LogP contribution in [0.5, 0.6) is 5.75 Å². The minimum Gasteiger partial charge on any atom is -0.497 e. The summed E-state index contributed by atoms with van der Waals surface area (Å²) in [5.74, 6) is 1.66. The zero-order valence-corrected chi connectivity index (χ0v) is 16.5. The van der Waals surface area contributed by atoms with Gasteiger partial charge in [-0.15, -0.1) is 0 Å². The van der Waals surface area contributed by atoms with Gasteiger partial charge in [-0.25, -0.2) is 0 Å². The van der Waals surface area contributed by atoms with Gasteiger partial charge < -0.3 is 4.74 Å². The first-order chi connectivity index (χ1) is 11.4. The number of allylic oxidation sites excluding steroid dienone is 1. The number of hydrogen-bond donors (Lipinski definition) is 0. The highest BCUT2D eigenvalue weighted by molar-refractivity contribution is 6.89. The molecule has 0 fully saturated rings. The Bertz CT molecular complexity index is 768. The second kappa shape index (κ2) is 6.60. The molecule has 2 aromatic carbocycles. The third-order valence-electron chi connectivity index (χ3n) is 4.95. The van der Waals surface area contributed by atoms with Crippen molar-refractivity contribution in [2.45, 2.75) is 45.3 Å². The van der Waals surface area contributed by atoms with Crippen molar-refractivity contribution < 1.29 is 4.74 Å². The molecule has 1 aliphatic carbocycles. The highest BCUT2D eigenvalue weighted by atomic mass is 28.3. The molecule has 0 aromatic heterocycles. The average molecular weight is 337 g/mol. The minimum absolute atomic E-state index is 0.529. The Morgan fingerprint density at radius 1 is 1.08 bits per heavy atom. The maximum absolute atomic E-state index is 5.86. The Morgan fingerprint density at radius 3 is 2.54 bits per heavy atom. The molecule has 0 aliphatic heterocycles. The monoisotopic (exact) mass is 336 g/mol. The van der Waals surface area contributed by atoms with Crippen molar-refractivity contribution in [2.24, 2.45) is 0 Å². The van der Waals surface area contributed by atoms with E-state index in [1.807, 2.05) is 7.11 Å². The second-order valence-electron chi connectivity index (χ2n) is 7.89. The van der Waals surface area contributed by atoms with Gasteiger partial charge in [0.05, 0.1) is 15.2 Å². The Kier molecular flexibility index (Phi) is 4.68. The molecule has 1 unspecified atom stereocenters. The molecule has 0 bridgehead atoms. The molecule has 3 rings (SSSR count). The summed E-state index contributed by atoms with van der Waals surface area (Å²) in [4.78, 5) is 0. The van der Waals surface area contributed by atoms with E-state index in [1.54, 1.807) is 0 Å². The summed E-state index contributed by atoms with van der Waals surface area (Å²) in [6.07, 6.45) is 6.82. The van der Waals surface area contributed by atoms with Gasteiger partial charge >= 0.3 is 0 Å². The van der Waals surface area contributed by atoms with Gasteiger partial charge in [0.1, 0.15) is 5.75 Å². The first-order valence-electron chi connectivity index (χ1n) is 8.85. The average Bonchev–Trinajstić information content (AvgIpc) is 2.94. The van der Waals surface area contributed by atoms with Crippen LogP contribution in [0.4, 0.5) is 0 Å². The van der Waals surface area contributed by atoms with Gasteiger partial charge in [-0.3, -0.25) is 0 Å². The number of methoxy groups -OCH3 is 1. The number of ether oxygens (including phenoxy) is 1. The molecule has 1 nitrogen and oxygen atoms in total. The fourth-order valence-corrected chi connectivity index (χ4v) is 5.32. The van der Waals surface area contributed by atoms with E-state index in [-0.39, 0.29) is 0 Å². The van der Waals surface area contributed by atoms with Crippen molar-refractivity contribution in [3.8, 4) is 5.75 Å². The molecule has 24 heavy (non-hydrogen) atoms. The molecule has 0 amide bonds. The van der Waals surface area contributed by atoms with E-state index in [9.17, 15) is 0 Å². The summed E-state index contributed by atoms with van der Waals surface area (Å²) in [7, 11) is 0.403. The maximum Gasteiger partial charge on any atom is 0.121 e. The first kappa shape index (κ1) is 17.0. The quantitative estimate of drug-likeness (QED) is 0.674. The number of rotatable bonds is 5. The Morgan fingerprint density at radius 2 is 1.83 bits per heavy atom. The van der Waals surface area contributed by atoms with Crippen molar-refractivity contribution in [2.75, 3.05) is 7.11 Å². The number of benzene rings is 2. The molecule has 126 valence electrons. The summed E-state index contributed by atoms with van der Waals surface area (Å²) >= 11 is 0. The third kappa shape index (κ3) is 3.34. The first-order valence-corrected chi connectivity index (χ1v) is 12.4. The smallest absolute Gasteiger partial charge is 0.121 e. The number of hydrogen-bond acceptors (Lipinski definition) is 1. The van der Waals surface area contributed by atoms with Crippen LogP contribution in [-0.4, -0.2) is 15.2 Å². The fourth-order valence-electron chi connectivity index (χ4n) is 3.72. The number of aryl methyl sites for hydroxylation is 2. The molecular formula is C22H28OSi. The van der Waals surface area contributed by atoms with Crippen LogP contribution in [0, 0.1) is 6.92 Å². The van der Waals surface area contributed by atoms with E-state index in [1.165, 1.54) is 27.4 Å². The van der Waals surface area contributed by atoms with Crippen LogP contribution in [-0.2, 0) is 6.42 Å². The van der Waals surface area contributed by atoms with Crippen molar-refractivity contribution >= 4 is 19.3 Å². The Balaban J connectivity index is 1.86. The van der Waals surface area contributed by atoms with Crippen molar-refractivity contribution in [3.05, 3.63) is 64.7 Å². The summed E-state index contributed by atoms with van der Waals surface area (Å²) in [5, 5.41) is 1.45. The van der Waals surface area contributed by atoms with E-state index in [0.717, 1.165) is 18.6 Å². The molecule has 0 N–H and O–H groups in total. The van der Waals surface area contributed by atoms with E-state index >= 15 is 0 Å². The van der Waals surface area contributed by atoms with Crippen LogP contribution in [0.15, 0.2) is 42.5 Å². The Labute approximate surface area is 147 Å². The van der Waals surface area contributed by atoms with Crippen molar-refractivity contribution in [3.63, 3.8) is 0 Å². The molecule has 1 atom stereocenters. The summed E-state index contributed by atoms with van der Waals surface area (Å²) in [5.41, 5.74) is 5.56. The fraction of sp³-hybridized carbons (Fsp3) is 0.364. The van der Waals surface area contributed by atoms with Crippen molar-refractivity contribution in [1.29, 1.82) is 0 Å². The van der Waals surface area contributed by atoms with Gasteiger partial charge in [0.15, 0.2) is 0 Å².